The fourth-order valence-corrected chi connectivity index (χ4v) is 4.06. The summed E-state index contributed by atoms with van der Waals surface area (Å²) in [6, 6.07) is -1.47. The highest BCUT2D eigenvalue weighted by atomic mass is 35.5. The van der Waals surface area contributed by atoms with Crippen molar-refractivity contribution in [3.8, 4) is 0 Å². The van der Waals surface area contributed by atoms with Gasteiger partial charge in [0.1, 0.15) is 6.04 Å². The fraction of sp³-hybridized carbons (Fsp3) is 0.846. The van der Waals surface area contributed by atoms with E-state index < -0.39 is 29.3 Å². The average Bonchev–Trinajstić information content (AvgIpc) is 3.14. The summed E-state index contributed by atoms with van der Waals surface area (Å²) in [6.07, 6.45) is 1.82. The Morgan fingerprint density at radius 2 is 2.28 bits per heavy atom. The summed E-state index contributed by atoms with van der Waals surface area (Å²) in [5.74, 6) is 0.588. The highest BCUT2D eigenvalue weighted by molar-refractivity contribution is 7.74. The van der Waals surface area contributed by atoms with E-state index in [1.165, 1.54) is 4.90 Å². The van der Waals surface area contributed by atoms with E-state index in [4.69, 9.17) is 21.0 Å². The van der Waals surface area contributed by atoms with Crippen molar-refractivity contribution >= 4 is 34.9 Å². The molecular weight excluding hydrogens is 376 g/mol. The molecule has 3 fully saturated rings. The minimum atomic E-state index is -2.58. The van der Waals surface area contributed by atoms with Crippen LogP contribution in [0.15, 0.2) is 0 Å². The van der Waals surface area contributed by atoms with Gasteiger partial charge in [0.25, 0.3) is 5.91 Å². The molecule has 3 rings (SSSR count). The number of carbonyl (C=O) groups excluding carboxylic acids is 2. The lowest BCUT2D eigenvalue weighted by Crippen LogP contribution is -2.50. The van der Waals surface area contributed by atoms with Crippen molar-refractivity contribution in [1.29, 1.82) is 0 Å². The van der Waals surface area contributed by atoms with Crippen LogP contribution in [0.2, 0.25) is 0 Å². The van der Waals surface area contributed by atoms with E-state index in [0.717, 1.165) is 18.0 Å². The second-order valence-electron chi connectivity index (χ2n) is 6.44. The van der Waals surface area contributed by atoms with Crippen LogP contribution in [0, 0.1) is 5.92 Å². The molecule has 3 heterocycles. The van der Waals surface area contributed by atoms with Crippen LogP contribution >= 0.6 is 11.6 Å². The van der Waals surface area contributed by atoms with Gasteiger partial charge in [-0.15, -0.1) is 15.9 Å². The molecule has 142 valence electrons. The third-order valence-electron chi connectivity index (χ3n) is 4.76. The minimum absolute atomic E-state index is 0.136. The van der Waals surface area contributed by atoms with Gasteiger partial charge in [-0.25, -0.2) is 10.3 Å². The summed E-state index contributed by atoms with van der Waals surface area (Å²) >= 11 is 3.23. The average molecular weight is 397 g/mol. The molecule has 10 nitrogen and oxygen atoms in total. The summed E-state index contributed by atoms with van der Waals surface area (Å²) < 4.78 is 24.2. The van der Waals surface area contributed by atoms with E-state index in [9.17, 15) is 13.8 Å². The first-order valence-corrected chi connectivity index (χ1v) is 9.66. The highest BCUT2D eigenvalue weighted by Crippen LogP contribution is 2.30. The molecule has 12 heteroatoms. The Kier molecular flexibility index (Phi) is 6.12. The zero-order valence-electron chi connectivity index (χ0n) is 13.4. The number of urea groups is 1. The number of halogens is 1. The molecule has 3 amide bonds. The zero-order valence-corrected chi connectivity index (χ0v) is 15.0. The lowest BCUT2D eigenvalue weighted by molar-refractivity contribution is -0.139. The summed E-state index contributed by atoms with van der Waals surface area (Å²) in [5.41, 5.74) is 2.40. The number of piperidine rings is 1. The van der Waals surface area contributed by atoms with Gasteiger partial charge in [-0.2, -0.15) is 9.27 Å². The Balaban J connectivity index is 1.47. The number of carbonyl (C=O) groups is 2. The van der Waals surface area contributed by atoms with Gasteiger partial charge in [0.2, 0.25) is 0 Å². The van der Waals surface area contributed by atoms with Gasteiger partial charge in [-0.05, 0) is 31.7 Å². The Bertz CT molecular complexity index is 555. The number of hydroxylamine groups is 3. The molecule has 3 N–H and O–H groups in total. The number of nitrogens with zero attached hydrogens (tertiary/aromatic N) is 2. The largest absolute Gasteiger partial charge is 0.346 e. The molecule has 0 spiro atoms. The van der Waals surface area contributed by atoms with Crippen LogP contribution < -0.4 is 10.8 Å². The SMILES string of the molecule is O=C(NOC[C@H]1C[C@H](CCl)CN1)C1CCC2CN1C(=O)N2OS(=O)O. The van der Waals surface area contributed by atoms with Gasteiger partial charge in [-0.3, -0.25) is 14.2 Å². The van der Waals surface area contributed by atoms with E-state index in [2.05, 4.69) is 15.1 Å². The van der Waals surface area contributed by atoms with Crippen molar-refractivity contribution < 1.29 is 27.5 Å². The van der Waals surface area contributed by atoms with Crippen LogP contribution in [0.25, 0.3) is 0 Å². The molecule has 0 aromatic rings. The summed E-state index contributed by atoms with van der Waals surface area (Å²) in [5, 5.41) is 4.14. The van der Waals surface area contributed by atoms with Gasteiger partial charge >= 0.3 is 17.4 Å². The van der Waals surface area contributed by atoms with E-state index in [1.807, 2.05) is 0 Å². The standard InChI is InChI=1S/C13H21ClN4O6S/c14-4-8-3-9(15-5-8)7-23-16-12(19)11-2-1-10-6-17(11)13(20)18(10)24-25(21)22/h8-11,15H,1-7H2,(H,16,19)(H,21,22)/t8-,9-,10?,11?/m1/s1. The first-order valence-electron chi connectivity index (χ1n) is 8.09. The summed E-state index contributed by atoms with van der Waals surface area (Å²) in [7, 11) is 0. The molecule has 3 saturated heterocycles. The highest BCUT2D eigenvalue weighted by Gasteiger charge is 2.48. The second kappa shape index (κ2) is 8.14. The van der Waals surface area contributed by atoms with Crippen molar-refractivity contribution in [3.05, 3.63) is 0 Å². The predicted molar refractivity (Wildman–Crippen MR) is 87.3 cm³/mol. The number of fused-ring (bicyclic) bond motifs is 2. The first kappa shape index (κ1) is 18.8. The van der Waals surface area contributed by atoms with Crippen molar-refractivity contribution in [2.24, 2.45) is 5.92 Å². The molecule has 0 saturated carbocycles. The van der Waals surface area contributed by atoms with Gasteiger partial charge in [0, 0.05) is 18.5 Å². The van der Waals surface area contributed by atoms with Gasteiger partial charge < -0.3 is 10.2 Å². The van der Waals surface area contributed by atoms with Crippen molar-refractivity contribution in [2.75, 3.05) is 25.6 Å². The minimum Gasteiger partial charge on any atom is -0.311 e. The van der Waals surface area contributed by atoms with Gasteiger partial charge in [0.15, 0.2) is 0 Å². The second-order valence-corrected chi connectivity index (χ2v) is 7.33. The zero-order chi connectivity index (χ0) is 18.0. The van der Waals surface area contributed by atoms with E-state index in [0.29, 0.717) is 31.2 Å². The third kappa shape index (κ3) is 4.23. The number of alkyl halides is 1. The molecule has 5 atom stereocenters. The maximum atomic E-state index is 12.3. The smallest absolute Gasteiger partial charge is 0.311 e. The molecule has 3 unspecified atom stereocenters. The fourth-order valence-electron chi connectivity index (χ4n) is 3.50. The molecule has 0 aromatic carbocycles. The van der Waals surface area contributed by atoms with Gasteiger partial charge in [-0.1, -0.05) is 0 Å². The number of hydrogen-bond donors (Lipinski definition) is 3. The van der Waals surface area contributed by atoms with E-state index in [1.54, 1.807) is 0 Å². The molecule has 0 radical (unpaired) electrons. The van der Waals surface area contributed by atoms with Crippen LogP contribution in [-0.4, -0.2) is 74.4 Å². The maximum absolute atomic E-state index is 12.3. The summed E-state index contributed by atoms with van der Waals surface area (Å²) in [6.45, 7) is 1.43. The number of amides is 3. The predicted octanol–water partition coefficient (Wildman–Crippen LogP) is -0.412. The number of rotatable bonds is 7. The quantitative estimate of drug-likeness (QED) is 0.304. The van der Waals surface area contributed by atoms with Crippen molar-refractivity contribution in [2.45, 2.75) is 37.4 Å². The Morgan fingerprint density at radius 1 is 1.48 bits per heavy atom. The van der Waals surface area contributed by atoms with Crippen LogP contribution in [0.1, 0.15) is 19.3 Å². The maximum Gasteiger partial charge on any atom is 0.346 e. The normalized spacial score (nSPS) is 33.0. The van der Waals surface area contributed by atoms with Gasteiger partial charge in [0.05, 0.1) is 12.6 Å². The Hall–Kier alpha value is -0.980. The van der Waals surface area contributed by atoms with E-state index in [-0.39, 0.29) is 18.6 Å². The molecule has 0 aromatic heterocycles. The van der Waals surface area contributed by atoms with Crippen LogP contribution in [0.4, 0.5) is 4.79 Å². The molecule has 0 aliphatic carbocycles. The van der Waals surface area contributed by atoms with Crippen LogP contribution in [-0.2, 0) is 25.3 Å². The lowest BCUT2D eigenvalue weighted by Gasteiger charge is -2.29. The molecule has 3 aliphatic rings. The molecular formula is C13H21ClN4O6S. The number of nitrogens with one attached hydrogen (secondary N) is 2. The topological polar surface area (TPSA) is 120 Å². The number of hydrogen-bond acceptors (Lipinski definition) is 6. The monoisotopic (exact) mass is 396 g/mol. The van der Waals surface area contributed by atoms with E-state index >= 15 is 0 Å². The van der Waals surface area contributed by atoms with Crippen molar-refractivity contribution in [1.82, 2.24) is 20.8 Å². The first-order chi connectivity index (χ1) is 12.0. The molecule has 3 aliphatic heterocycles. The molecule has 2 bridgehead atoms. The van der Waals surface area contributed by atoms with Crippen LogP contribution in [0.5, 0.6) is 0 Å². The third-order valence-corrected chi connectivity index (χ3v) is 5.48. The van der Waals surface area contributed by atoms with Crippen molar-refractivity contribution in [3.63, 3.8) is 0 Å². The summed E-state index contributed by atoms with van der Waals surface area (Å²) in [4.78, 5) is 31.2. The molecule has 25 heavy (non-hydrogen) atoms. The lowest BCUT2D eigenvalue weighted by atomic mass is 10.0. The Morgan fingerprint density at radius 3 is 2.96 bits per heavy atom. The van der Waals surface area contributed by atoms with Crippen LogP contribution in [0.3, 0.4) is 0 Å². The Labute approximate surface area is 152 Å².